The summed E-state index contributed by atoms with van der Waals surface area (Å²) in [5.41, 5.74) is 7.15. The first-order chi connectivity index (χ1) is 9.74. The first-order valence-electron chi connectivity index (χ1n) is 6.99. The van der Waals surface area contributed by atoms with Gasteiger partial charge < -0.3 is 15.2 Å². The van der Waals surface area contributed by atoms with Gasteiger partial charge in [-0.1, -0.05) is 31.2 Å². The molecule has 0 amide bonds. The van der Waals surface area contributed by atoms with Crippen LogP contribution in [0.15, 0.2) is 48.5 Å². The highest BCUT2D eigenvalue weighted by molar-refractivity contribution is 5.41. The van der Waals surface area contributed by atoms with Gasteiger partial charge >= 0.3 is 0 Å². The lowest BCUT2D eigenvalue weighted by molar-refractivity contribution is 0.338. The minimum Gasteiger partial charge on any atom is -0.494 e. The summed E-state index contributed by atoms with van der Waals surface area (Å²) in [6, 6.07) is 15.5. The molecule has 0 aromatic heterocycles. The smallest absolute Gasteiger partial charge is 0.132 e. The number of ether oxygens (including phenoxy) is 2. The largest absolute Gasteiger partial charge is 0.494 e. The Morgan fingerprint density at radius 3 is 2.50 bits per heavy atom. The van der Waals surface area contributed by atoms with Crippen LogP contribution in [-0.2, 0) is 0 Å². The molecule has 2 N–H and O–H groups in total. The van der Waals surface area contributed by atoms with Crippen molar-refractivity contribution in [3.63, 3.8) is 0 Å². The summed E-state index contributed by atoms with van der Waals surface area (Å²) in [4.78, 5) is 0. The average molecular weight is 271 g/mol. The Bertz CT molecular complexity index is 554. The molecule has 2 aromatic carbocycles. The van der Waals surface area contributed by atoms with Crippen molar-refractivity contribution in [1.82, 2.24) is 0 Å². The zero-order chi connectivity index (χ0) is 14.4. The standard InChI is InChI=1S/C17H21NO2/c1-3-16(18)15-10-5-6-11-17(15)20-14-9-7-8-13(12-14)19-4-2/h5-12,16H,3-4,18H2,1-2H3/t16-/m0/s1. The summed E-state index contributed by atoms with van der Waals surface area (Å²) >= 11 is 0. The number of rotatable bonds is 6. The average Bonchev–Trinajstić information content (AvgIpc) is 2.48. The van der Waals surface area contributed by atoms with E-state index in [0.717, 1.165) is 29.2 Å². The molecule has 1 atom stereocenters. The molecule has 3 heteroatoms. The van der Waals surface area contributed by atoms with Gasteiger partial charge in [-0.05, 0) is 31.5 Å². The molecule has 0 fully saturated rings. The number of nitrogens with two attached hydrogens (primary N) is 1. The van der Waals surface area contributed by atoms with Crippen molar-refractivity contribution >= 4 is 0 Å². The van der Waals surface area contributed by atoms with Crippen LogP contribution in [-0.4, -0.2) is 6.61 Å². The molecule has 0 saturated carbocycles. The quantitative estimate of drug-likeness (QED) is 0.852. The fraction of sp³-hybridized carbons (Fsp3) is 0.294. The molecule has 2 aromatic rings. The van der Waals surface area contributed by atoms with E-state index in [4.69, 9.17) is 15.2 Å². The van der Waals surface area contributed by atoms with Gasteiger partial charge in [0.25, 0.3) is 0 Å². The Balaban J connectivity index is 2.23. The monoisotopic (exact) mass is 271 g/mol. The van der Waals surface area contributed by atoms with Crippen molar-refractivity contribution in [2.45, 2.75) is 26.3 Å². The summed E-state index contributed by atoms with van der Waals surface area (Å²) in [5, 5.41) is 0. The van der Waals surface area contributed by atoms with E-state index >= 15 is 0 Å². The lowest BCUT2D eigenvalue weighted by Gasteiger charge is -2.15. The van der Waals surface area contributed by atoms with E-state index in [1.165, 1.54) is 0 Å². The highest BCUT2D eigenvalue weighted by Crippen LogP contribution is 2.31. The molecule has 106 valence electrons. The van der Waals surface area contributed by atoms with Crippen LogP contribution >= 0.6 is 0 Å². The van der Waals surface area contributed by atoms with E-state index in [-0.39, 0.29) is 6.04 Å². The molecular formula is C17H21NO2. The summed E-state index contributed by atoms with van der Waals surface area (Å²) in [7, 11) is 0. The van der Waals surface area contributed by atoms with E-state index in [1.54, 1.807) is 0 Å². The van der Waals surface area contributed by atoms with Crippen molar-refractivity contribution in [2.75, 3.05) is 6.61 Å². The van der Waals surface area contributed by atoms with E-state index in [2.05, 4.69) is 6.92 Å². The van der Waals surface area contributed by atoms with Crippen LogP contribution in [0.4, 0.5) is 0 Å². The lowest BCUT2D eigenvalue weighted by atomic mass is 10.0. The van der Waals surface area contributed by atoms with Crippen molar-refractivity contribution in [3.05, 3.63) is 54.1 Å². The van der Waals surface area contributed by atoms with Gasteiger partial charge in [-0.2, -0.15) is 0 Å². The lowest BCUT2D eigenvalue weighted by Crippen LogP contribution is -2.09. The SMILES string of the molecule is CCOc1cccc(Oc2ccccc2[C@@H](N)CC)c1. The third-order valence-electron chi connectivity index (χ3n) is 3.10. The van der Waals surface area contributed by atoms with Crippen LogP contribution in [0.25, 0.3) is 0 Å². The minimum absolute atomic E-state index is 0.0127. The molecule has 3 nitrogen and oxygen atoms in total. The van der Waals surface area contributed by atoms with Crippen LogP contribution in [0.1, 0.15) is 31.9 Å². The Labute approximate surface area is 120 Å². The molecule has 0 unspecified atom stereocenters. The van der Waals surface area contributed by atoms with Gasteiger partial charge in [0.1, 0.15) is 17.2 Å². The molecule has 20 heavy (non-hydrogen) atoms. The Morgan fingerprint density at radius 1 is 1.00 bits per heavy atom. The van der Waals surface area contributed by atoms with E-state index in [1.807, 2.05) is 55.5 Å². The molecule has 0 aliphatic heterocycles. The molecule has 0 aliphatic carbocycles. The summed E-state index contributed by atoms with van der Waals surface area (Å²) < 4.78 is 11.4. The molecule has 0 aliphatic rings. The second kappa shape index (κ2) is 6.96. The number of para-hydroxylation sites is 1. The van der Waals surface area contributed by atoms with Crippen molar-refractivity contribution < 1.29 is 9.47 Å². The zero-order valence-corrected chi connectivity index (χ0v) is 12.0. The van der Waals surface area contributed by atoms with E-state index < -0.39 is 0 Å². The molecular weight excluding hydrogens is 250 g/mol. The first kappa shape index (κ1) is 14.4. The maximum Gasteiger partial charge on any atom is 0.132 e. The van der Waals surface area contributed by atoms with Crippen LogP contribution in [0, 0.1) is 0 Å². The fourth-order valence-electron chi connectivity index (χ4n) is 2.02. The Hall–Kier alpha value is -2.00. The molecule has 0 radical (unpaired) electrons. The van der Waals surface area contributed by atoms with Crippen molar-refractivity contribution in [1.29, 1.82) is 0 Å². The number of benzene rings is 2. The van der Waals surface area contributed by atoms with Gasteiger partial charge in [0.05, 0.1) is 6.61 Å². The molecule has 0 heterocycles. The van der Waals surface area contributed by atoms with E-state index in [0.29, 0.717) is 6.61 Å². The van der Waals surface area contributed by atoms with Gasteiger partial charge in [0, 0.05) is 17.7 Å². The highest BCUT2D eigenvalue weighted by atomic mass is 16.5. The van der Waals surface area contributed by atoms with Crippen molar-refractivity contribution in [2.24, 2.45) is 5.73 Å². The number of hydrogen-bond acceptors (Lipinski definition) is 3. The second-order valence-corrected chi connectivity index (χ2v) is 4.56. The maximum absolute atomic E-state index is 6.12. The highest BCUT2D eigenvalue weighted by Gasteiger charge is 2.10. The maximum atomic E-state index is 6.12. The van der Waals surface area contributed by atoms with Crippen LogP contribution < -0.4 is 15.2 Å². The topological polar surface area (TPSA) is 44.5 Å². The van der Waals surface area contributed by atoms with Gasteiger partial charge in [-0.3, -0.25) is 0 Å². The van der Waals surface area contributed by atoms with Gasteiger partial charge in [-0.25, -0.2) is 0 Å². The fourth-order valence-corrected chi connectivity index (χ4v) is 2.02. The van der Waals surface area contributed by atoms with Gasteiger partial charge in [0.15, 0.2) is 0 Å². The predicted octanol–water partition coefficient (Wildman–Crippen LogP) is 4.29. The minimum atomic E-state index is -0.0127. The van der Waals surface area contributed by atoms with Crippen LogP contribution in [0.2, 0.25) is 0 Å². The van der Waals surface area contributed by atoms with Crippen molar-refractivity contribution in [3.8, 4) is 17.2 Å². The molecule has 2 rings (SSSR count). The summed E-state index contributed by atoms with van der Waals surface area (Å²) in [5.74, 6) is 2.37. The molecule has 0 spiro atoms. The summed E-state index contributed by atoms with van der Waals surface area (Å²) in [6.07, 6.45) is 0.874. The van der Waals surface area contributed by atoms with Crippen LogP contribution in [0.5, 0.6) is 17.2 Å². The van der Waals surface area contributed by atoms with E-state index in [9.17, 15) is 0 Å². The van der Waals surface area contributed by atoms with Gasteiger partial charge in [0.2, 0.25) is 0 Å². The summed E-state index contributed by atoms with van der Waals surface area (Å²) in [6.45, 7) is 4.67. The Kier molecular flexibility index (Phi) is 5.02. The number of hydrogen-bond donors (Lipinski definition) is 1. The van der Waals surface area contributed by atoms with Crippen LogP contribution in [0.3, 0.4) is 0 Å². The molecule has 0 saturated heterocycles. The van der Waals surface area contributed by atoms with Gasteiger partial charge in [-0.15, -0.1) is 0 Å². The second-order valence-electron chi connectivity index (χ2n) is 4.56. The predicted molar refractivity (Wildman–Crippen MR) is 81.3 cm³/mol. The third-order valence-corrected chi connectivity index (χ3v) is 3.10. The normalized spacial score (nSPS) is 11.9. The zero-order valence-electron chi connectivity index (χ0n) is 12.0. The third kappa shape index (κ3) is 3.52. The first-order valence-corrected chi connectivity index (χ1v) is 6.99. The molecule has 0 bridgehead atoms. The Morgan fingerprint density at radius 2 is 1.75 bits per heavy atom.